The van der Waals surface area contributed by atoms with E-state index in [9.17, 15) is 4.79 Å². The van der Waals surface area contributed by atoms with Crippen LogP contribution in [0, 0.1) is 6.92 Å². The third kappa shape index (κ3) is 7.06. The molecule has 0 fully saturated rings. The van der Waals surface area contributed by atoms with Gasteiger partial charge in [-0.25, -0.2) is 4.98 Å². The van der Waals surface area contributed by atoms with E-state index >= 15 is 0 Å². The quantitative estimate of drug-likeness (QED) is 0.577. The number of pyridine rings is 1. The van der Waals surface area contributed by atoms with Gasteiger partial charge in [0, 0.05) is 24.8 Å². The molecule has 6 heteroatoms. The maximum absolute atomic E-state index is 12.8. The van der Waals surface area contributed by atoms with E-state index in [1.54, 1.807) is 6.20 Å². The number of benzene rings is 2. The Morgan fingerprint density at radius 1 is 0.971 bits per heavy atom. The summed E-state index contributed by atoms with van der Waals surface area (Å²) in [4.78, 5) is 19.4. The van der Waals surface area contributed by atoms with Crippen LogP contribution in [0.25, 0.3) is 0 Å². The zero-order valence-corrected chi connectivity index (χ0v) is 19.8. The van der Waals surface area contributed by atoms with Gasteiger partial charge in [-0.2, -0.15) is 0 Å². The predicted octanol–water partition coefficient (Wildman–Crippen LogP) is 5.25. The lowest BCUT2D eigenvalue weighted by Crippen LogP contribution is -2.37. The molecular formula is C28H33N3O3. The molecule has 6 nitrogen and oxygen atoms in total. The van der Waals surface area contributed by atoms with Gasteiger partial charge >= 0.3 is 0 Å². The minimum Gasteiger partial charge on any atom is -0.490 e. The Labute approximate surface area is 201 Å². The molecule has 0 bridgehead atoms. The first kappa shape index (κ1) is 23.8. The van der Waals surface area contributed by atoms with Gasteiger partial charge in [0.15, 0.2) is 11.5 Å². The fourth-order valence-electron chi connectivity index (χ4n) is 3.99. The van der Waals surface area contributed by atoms with E-state index in [1.807, 2.05) is 36.4 Å². The van der Waals surface area contributed by atoms with Gasteiger partial charge in [0.05, 0.1) is 13.2 Å². The lowest BCUT2D eigenvalue weighted by atomic mass is 10.1. The van der Waals surface area contributed by atoms with Crippen molar-refractivity contribution in [1.29, 1.82) is 0 Å². The summed E-state index contributed by atoms with van der Waals surface area (Å²) < 4.78 is 12.2. The monoisotopic (exact) mass is 459 g/mol. The third-order valence-electron chi connectivity index (χ3n) is 5.90. The molecule has 0 unspecified atom stereocenters. The smallest absolute Gasteiger partial charge is 0.234 e. The van der Waals surface area contributed by atoms with Crippen LogP contribution in [0.3, 0.4) is 0 Å². The van der Waals surface area contributed by atoms with E-state index in [-0.39, 0.29) is 5.91 Å². The number of carbonyl (C=O) groups is 1. The summed E-state index contributed by atoms with van der Waals surface area (Å²) in [6, 6.07) is 19.9. The zero-order chi connectivity index (χ0) is 23.6. The Morgan fingerprint density at radius 3 is 2.62 bits per heavy atom. The predicted molar refractivity (Wildman–Crippen MR) is 133 cm³/mol. The molecule has 1 N–H and O–H groups in total. The Morgan fingerprint density at radius 2 is 1.76 bits per heavy atom. The average molecular weight is 460 g/mol. The molecule has 1 aliphatic heterocycles. The Bertz CT molecular complexity index is 1070. The van der Waals surface area contributed by atoms with Crippen LogP contribution in [0.2, 0.25) is 0 Å². The first-order chi connectivity index (χ1) is 16.7. The van der Waals surface area contributed by atoms with Gasteiger partial charge in [0.1, 0.15) is 0 Å². The molecule has 0 aliphatic carbocycles. The van der Waals surface area contributed by atoms with Crippen LogP contribution in [-0.2, 0) is 17.9 Å². The van der Waals surface area contributed by atoms with Crippen molar-refractivity contribution in [3.63, 3.8) is 0 Å². The van der Waals surface area contributed by atoms with Gasteiger partial charge in [-0.3, -0.25) is 9.69 Å². The van der Waals surface area contributed by atoms with E-state index < -0.39 is 0 Å². The SMILES string of the molecule is Cc1ccc(CNC(=O)CN2CCCCCCOc3ccccc3Oc3ncccc3C2)cc1. The van der Waals surface area contributed by atoms with Crippen molar-refractivity contribution in [3.8, 4) is 17.4 Å². The van der Waals surface area contributed by atoms with Gasteiger partial charge in [-0.15, -0.1) is 0 Å². The topological polar surface area (TPSA) is 63.7 Å². The molecule has 1 aromatic heterocycles. The number of rotatable bonds is 4. The van der Waals surface area contributed by atoms with Crippen molar-refractivity contribution in [2.45, 2.75) is 45.7 Å². The maximum Gasteiger partial charge on any atom is 0.234 e. The third-order valence-corrected chi connectivity index (χ3v) is 5.90. The van der Waals surface area contributed by atoms with Crippen molar-refractivity contribution in [2.24, 2.45) is 0 Å². The molecule has 1 amide bonds. The second-order valence-electron chi connectivity index (χ2n) is 8.75. The van der Waals surface area contributed by atoms with Crippen LogP contribution in [0.1, 0.15) is 42.4 Å². The molecule has 0 saturated carbocycles. The fraction of sp³-hybridized carbons (Fsp3) is 0.357. The number of hydrogen-bond donors (Lipinski definition) is 1. The first-order valence-corrected chi connectivity index (χ1v) is 12.1. The molecule has 2 heterocycles. The molecule has 4 rings (SSSR count). The number of nitrogens with one attached hydrogen (secondary N) is 1. The second-order valence-corrected chi connectivity index (χ2v) is 8.75. The molecular weight excluding hydrogens is 426 g/mol. The van der Waals surface area contributed by atoms with Gasteiger partial charge < -0.3 is 14.8 Å². The van der Waals surface area contributed by atoms with Crippen LogP contribution in [0.15, 0.2) is 66.9 Å². The summed E-state index contributed by atoms with van der Waals surface area (Å²) in [7, 11) is 0. The van der Waals surface area contributed by atoms with Crippen LogP contribution in [0.5, 0.6) is 17.4 Å². The van der Waals surface area contributed by atoms with Gasteiger partial charge in [0.25, 0.3) is 0 Å². The summed E-state index contributed by atoms with van der Waals surface area (Å²) in [5.74, 6) is 1.94. The first-order valence-electron chi connectivity index (χ1n) is 12.1. The Balaban J connectivity index is 1.47. The molecule has 178 valence electrons. The van der Waals surface area contributed by atoms with Gasteiger partial charge in [-0.1, -0.05) is 60.9 Å². The number of fused-ring (bicyclic) bond motifs is 2. The molecule has 1 aliphatic rings. The lowest BCUT2D eigenvalue weighted by Gasteiger charge is -2.23. The number of ether oxygens (including phenoxy) is 2. The standard InChI is InChI=1S/C28H33N3O3/c1-22-12-14-23(15-13-22)19-30-27(32)21-31-17-6-2-3-7-18-33-25-10-4-5-11-26(25)34-28-24(20-31)9-8-16-29-28/h4-5,8-16H,2-3,6-7,17-21H2,1H3,(H,30,32). The van der Waals surface area contributed by atoms with Crippen LogP contribution < -0.4 is 14.8 Å². The minimum atomic E-state index is 0.0202. The normalized spacial score (nSPS) is 15.1. The molecule has 2 aromatic carbocycles. The Kier molecular flexibility index (Phi) is 8.52. The highest BCUT2D eigenvalue weighted by Gasteiger charge is 2.16. The molecule has 0 atom stereocenters. The summed E-state index contributed by atoms with van der Waals surface area (Å²) in [6.07, 6.45) is 5.93. The highest BCUT2D eigenvalue weighted by atomic mass is 16.5. The van der Waals surface area contributed by atoms with Crippen molar-refractivity contribution in [3.05, 3.63) is 83.6 Å². The number of hydrogen-bond acceptors (Lipinski definition) is 5. The lowest BCUT2D eigenvalue weighted by molar-refractivity contribution is -0.122. The molecule has 0 radical (unpaired) electrons. The largest absolute Gasteiger partial charge is 0.490 e. The second kappa shape index (κ2) is 12.2. The van der Waals surface area contributed by atoms with Gasteiger partial charge in [-0.05, 0) is 50.1 Å². The maximum atomic E-state index is 12.8. The van der Waals surface area contributed by atoms with E-state index in [4.69, 9.17) is 9.47 Å². The number of para-hydroxylation sites is 2. The van der Waals surface area contributed by atoms with Crippen molar-refractivity contribution in [2.75, 3.05) is 19.7 Å². The van der Waals surface area contributed by atoms with E-state index in [2.05, 4.69) is 46.4 Å². The van der Waals surface area contributed by atoms with Crippen molar-refractivity contribution < 1.29 is 14.3 Å². The number of amides is 1. The highest BCUT2D eigenvalue weighted by Crippen LogP contribution is 2.32. The molecule has 0 spiro atoms. The van der Waals surface area contributed by atoms with Crippen LogP contribution >= 0.6 is 0 Å². The summed E-state index contributed by atoms with van der Waals surface area (Å²) >= 11 is 0. The fourth-order valence-corrected chi connectivity index (χ4v) is 3.99. The minimum absolute atomic E-state index is 0.0202. The Hall–Kier alpha value is -3.38. The van der Waals surface area contributed by atoms with E-state index in [0.717, 1.165) is 49.1 Å². The number of aromatic nitrogens is 1. The van der Waals surface area contributed by atoms with Crippen LogP contribution in [-0.4, -0.2) is 35.5 Å². The number of nitrogens with zero attached hydrogens (tertiary/aromatic N) is 2. The summed E-state index contributed by atoms with van der Waals surface area (Å²) in [5, 5.41) is 3.06. The molecule has 3 aromatic rings. The average Bonchev–Trinajstić information content (AvgIpc) is 2.85. The number of carbonyl (C=O) groups excluding carboxylic acids is 1. The highest BCUT2D eigenvalue weighted by molar-refractivity contribution is 5.78. The van der Waals surface area contributed by atoms with Gasteiger partial charge in [0.2, 0.25) is 11.8 Å². The summed E-state index contributed by atoms with van der Waals surface area (Å²) in [6.45, 7) is 5.00. The molecule has 34 heavy (non-hydrogen) atoms. The number of aryl methyl sites for hydroxylation is 1. The zero-order valence-electron chi connectivity index (χ0n) is 19.8. The van der Waals surface area contributed by atoms with Crippen LogP contribution in [0.4, 0.5) is 0 Å². The molecule has 0 saturated heterocycles. The van der Waals surface area contributed by atoms with E-state index in [0.29, 0.717) is 37.9 Å². The van der Waals surface area contributed by atoms with Crippen molar-refractivity contribution in [1.82, 2.24) is 15.2 Å². The van der Waals surface area contributed by atoms with E-state index in [1.165, 1.54) is 5.56 Å². The summed E-state index contributed by atoms with van der Waals surface area (Å²) in [5.41, 5.74) is 3.26. The van der Waals surface area contributed by atoms with Crippen molar-refractivity contribution >= 4 is 5.91 Å².